The predicted molar refractivity (Wildman–Crippen MR) is 49.5 cm³/mol. The first-order chi connectivity index (χ1) is 6.79. The summed E-state index contributed by atoms with van der Waals surface area (Å²) < 4.78 is 8.59. The number of aryl methyl sites for hydroxylation is 1. The van der Waals surface area contributed by atoms with E-state index in [2.05, 4.69) is 17.2 Å². The van der Waals surface area contributed by atoms with Crippen LogP contribution in [-0.4, -0.2) is 16.0 Å². The number of halogens is 1. The van der Waals surface area contributed by atoms with Gasteiger partial charge in [-0.05, 0) is 0 Å². The second kappa shape index (κ2) is 6.74. The zero-order valence-corrected chi connectivity index (χ0v) is 9.27. The van der Waals surface area contributed by atoms with Crippen molar-refractivity contribution in [3.63, 3.8) is 0 Å². The fraction of sp³-hybridized carbons (Fsp3) is 0.333. The van der Waals surface area contributed by atoms with E-state index in [1.54, 1.807) is 11.5 Å². The normalized spacial score (nSPS) is 9.20. The topological polar surface area (TPSA) is 50.6 Å². The van der Waals surface area contributed by atoms with Gasteiger partial charge in [-0.3, -0.25) is 0 Å². The molecule has 82 valence electrons. The summed E-state index contributed by atoms with van der Waals surface area (Å²) in [4.78, 5) is 0. The van der Waals surface area contributed by atoms with Gasteiger partial charge < -0.3 is 22.4 Å². The maximum absolute atomic E-state index is 8.43. The molecule has 0 saturated carbocycles. The highest BCUT2D eigenvalue weighted by Crippen LogP contribution is 1.92. The van der Waals surface area contributed by atoms with Gasteiger partial charge in [0.25, 0.3) is 0 Å². The number of aromatic nitrogens is 2. The first-order valence-corrected chi connectivity index (χ1v) is 4.05. The second-order valence-corrected chi connectivity index (χ2v) is 2.61. The van der Waals surface area contributed by atoms with Crippen molar-refractivity contribution in [2.24, 2.45) is 12.2 Å². The number of nitrogens with zero attached hydrogens (tertiary/aromatic N) is 3. The molecule has 1 aromatic heterocycles. The molecule has 0 saturated heterocycles. The van der Waals surface area contributed by atoms with Crippen molar-refractivity contribution in [2.45, 2.75) is 13.7 Å². The van der Waals surface area contributed by atoms with E-state index in [-0.39, 0.29) is 12.4 Å². The molecule has 1 N–H and O–H groups in total. The van der Waals surface area contributed by atoms with Crippen LogP contribution in [0.2, 0.25) is 0 Å². The van der Waals surface area contributed by atoms with Crippen molar-refractivity contribution >= 4 is 6.21 Å². The largest absolute Gasteiger partial charge is 1.00 e. The van der Waals surface area contributed by atoms with Crippen molar-refractivity contribution in [1.82, 2.24) is 4.57 Å². The van der Waals surface area contributed by atoms with Gasteiger partial charge >= 0.3 is 5.82 Å². The quantitative estimate of drug-likeness (QED) is 0.199. The van der Waals surface area contributed by atoms with Crippen molar-refractivity contribution < 1.29 is 26.9 Å². The molecule has 15 heavy (non-hydrogen) atoms. The summed E-state index contributed by atoms with van der Waals surface area (Å²) in [6.07, 6.45) is 7.47. The monoisotopic (exact) mass is 229 g/mol. The Balaban J connectivity index is 0.00000196. The van der Waals surface area contributed by atoms with Gasteiger partial charge in [0.1, 0.15) is 18.5 Å². The molecule has 0 aromatic carbocycles. The molecule has 0 bridgehead atoms. The minimum absolute atomic E-state index is 0. The Morgan fingerprint density at radius 2 is 2.47 bits per heavy atom. The minimum atomic E-state index is 0. The van der Waals surface area contributed by atoms with Crippen LogP contribution in [0.25, 0.3) is 0 Å². The molecule has 1 heterocycles. The van der Waals surface area contributed by atoms with Crippen LogP contribution >= 0.6 is 0 Å². The number of ether oxygens (including phenoxy) is 1. The third-order valence-electron chi connectivity index (χ3n) is 1.68. The lowest BCUT2D eigenvalue weighted by Crippen LogP contribution is -3.00. The number of imidazole rings is 1. The molecule has 0 aliphatic carbocycles. The zero-order valence-electron chi connectivity index (χ0n) is 8.51. The summed E-state index contributed by atoms with van der Waals surface area (Å²) in [5, 5.41) is 11.4. The molecule has 0 aliphatic rings. The highest BCUT2D eigenvalue weighted by molar-refractivity contribution is 5.72. The van der Waals surface area contributed by atoms with Crippen molar-refractivity contribution in [1.29, 1.82) is 0 Å². The average molecular weight is 230 g/mol. The van der Waals surface area contributed by atoms with E-state index in [4.69, 9.17) is 9.94 Å². The number of hydrogen-bond donors (Lipinski definition) is 1. The molecule has 0 amide bonds. The molecular weight excluding hydrogens is 218 g/mol. The molecule has 0 unspecified atom stereocenters. The van der Waals surface area contributed by atoms with Crippen molar-refractivity contribution in [3.8, 4) is 12.0 Å². The first-order valence-electron chi connectivity index (χ1n) is 4.05. The smallest absolute Gasteiger partial charge is 0.306 e. The standard InChI is InChI=1S/C9H11N3O2.ClH/c1-3-6-14-8-12-5-4-11(2)9(12)7-10-13;/h4-5,7H,8H2,1-2H3;1H. The molecule has 1 aromatic rings. The van der Waals surface area contributed by atoms with E-state index < -0.39 is 0 Å². The summed E-state index contributed by atoms with van der Waals surface area (Å²) in [7, 11) is 1.85. The van der Waals surface area contributed by atoms with Crippen LogP contribution in [-0.2, 0) is 18.5 Å². The summed E-state index contributed by atoms with van der Waals surface area (Å²) in [6, 6.07) is 0. The molecule has 0 atom stereocenters. The van der Waals surface area contributed by atoms with E-state index in [9.17, 15) is 0 Å². The lowest BCUT2D eigenvalue weighted by Gasteiger charge is -1.95. The number of rotatable bonds is 3. The fourth-order valence-electron chi connectivity index (χ4n) is 1.04. The Hall–Kier alpha value is -1.67. The summed E-state index contributed by atoms with van der Waals surface area (Å²) in [5.41, 5.74) is 0. The van der Waals surface area contributed by atoms with Gasteiger partial charge in [-0.2, -0.15) is 4.57 Å². The summed E-state index contributed by atoms with van der Waals surface area (Å²) >= 11 is 0. The van der Waals surface area contributed by atoms with Gasteiger partial charge in [-0.25, -0.2) is 4.57 Å². The predicted octanol–water partition coefficient (Wildman–Crippen LogP) is -2.92. The van der Waals surface area contributed by atoms with E-state index in [1.165, 1.54) is 6.21 Å². The van der Waals surface area contributed by atoms with Gasteiger partial charge in [0.15, 0.2) is 6.21 Å². The van der Waals surface area contributed by atoms with Gasteiger partial charge in [-0.15, -0.1) is 0 Å². The molecule has 6 heteroatoms. The Morgan fingerprint density at radius 1 is 1.73 bits per heavy atom. The van der Waals surface area contributed by atoms with Crippen LogP contribution in [0.5, 0.6) is 0 Å². The molecule has 0 fully saturated rings. The summed E-state index contributed by atoms with van der Waals surface area (Å²) in [6.45, 7) is 2.01. The van der Waals surface area contributed by atoms with Crippen LogP contribution in [0.3, 0.4) is 0 Å². The van der Waals surface area contributed by atoms with E-state index in [1.807, 2.05) is 24.0 Å². The molecule has 0 spiro atoms. The zero-order chi connectivity index (χ0) is 10.4. The maximum Gasteiger partial charge on any atom is 0.306 e. The van der Waals surface area contributed by atoms with Gasteiger partial charge in [-0.1, -0.05) is 11.1 Å². The molecular formula is C9H12ClN3O2. The molecule has 5 nitrogen and oxygen atoms in total. The van der Waals surface area contributed by atoms with E-state index in [0.717, 1.165) is 5.82 Å². The SMILES string of the molecule is CC#COCn1cc[n+](C)c1C=NO.[Cl-]. The number of hydrogen-bond acceptors (Lipinski definition) is 3. The molecule has 0 radical (unpaired) electrons. The Kier molecular flexibility index (Phi) is 5.99. The van der Waals surface area contributed by atoms with Crippen LogP contribution < -0.4 is 17.0 Å². The van der Waals surface area contributed by atoms with Crippen LogP contribution in [0.1, 0.15) is 12.7 Å². The maximum atomic E-state index is 8.43. The Labute approximate surface area is 94.4 Å². The van der Waals surface area contributed by atoms with Crippen molar-refractivity contribution in [3.05, 3.63) is 18.2 Å². The highest BCUT2D eigenvalue weighted by Gasteiger charge is 2.11. The fourth-order valence-corrected chi connectivity index (χ4v) is 1.04. The van der Waals surface area contributed by atoms with Crippen LogP contribution in [0, 0.1) is 12.0 Å². The lowest BCUT2D eigenvalue weighted by molar-refractivity contribution is -0.672. The summed E-state index contributed by atoms with van der Waals surface area (Å²) in [5.74, 6) is 3.35. The minimum Gasteiger partial charge on any atom is -1.00 e. The lowest BCUT2D eigenvalue weighted by atomic mass is 10.6. The molecule has 0 aliphatic heterocycles. The average Bonchev–Trinajstić information content (AvgIpc) is 2.51. The van der Waals surface area contributed by atoms with Gasteiger partial charge in [0, 0.05) is 6.92 Å². The van der Waals surface area contributed by atoms with Gasteiger partial charge in [0.2, 0.25) is 6.73 Å². The Bertz CT molecular complexity index is 390. The van der Waals surface area contributed by atoms with Crippen LogP contribution in [0.15, 0.2) is 17.5 Å². The third kappa shape index (κ3) is 3.52. The van der Waals surface area contributed by atoms with E-state index >= 15 is 0 Å². The third-order valence-corrected chi connectivity index (χ3v) is 1.68. The van der Waals surface area contributed by atoms with E-state index in [0.29, 0.717) is 6.73 Å². The first kappa shape index (κ1) is 13.3. The number of oxime groups is 1. The second-order valence-electron chi connectivity index (χ2n) is 2.61. The van der Waals surface area contributed by atoms with Gasteiger partial charge in [0.05, 0.1) is 7.05 Å². The van der Waals surface area contributed by atoms with Crippen LogP contribution in [0.4, 0.5) is 0 Å². The Morgan fingerprint density at radius 3 is 3.07 bits per heavy atom. The molecule has 1 rings (SSSR count). The van der Waals surface area contributed by atoms with Crippen molar-refractivity contribution in [2.75, 3.05) is 0 Å². The highest BCUT2D eigenvalue weighted by atomic mass is 35.5.